The summed E-state index contributed by atoms with van der Waals surface area (Å²) in [7, 11) is 6.40. The highest BCUT2D eigenvalue weighted by Gasteiger charge is 2.21. The maximum Gasteiger partial charge on any atom is 0.227 e. The lowest BCUT2D eigenvalue weighted by atomic mass is 10.1. The zero-order chi connectivity index (χ0) is 22.2. The molecule has 0 unspecified atom stereocenters. The molecule has 1 saturated heterocycles. The molecule has 0 N–H and O–H groups in total. The first-order valence-electron chi connectivity index (χ1n) is 10.5. The first-order chi connectivity index (χ1) is 15.1. The molecule has 0 aromatic heterocycles. The summed E-state index contributed by atoms with van der Waals surface area (Å²) in [6.07, 6.45) is 1.26. The Hall–Kier alpha value is -2.93. The lowest BCUT2D eigenvalue weighted by Crippen LogP contribution is -2.36. The molecule has 1 aliphatic heterocycles. The average Bonchev–Trinajstić information content (AvgIpc) is 3.04. The van der Waals surface area contributed by atoms with Crippen LogP contribution in [0.15, 0.2) is 36.4 Å². The van der Waals surface area contributed by atoms with Gasteiger partial charge in [-0.15, -0.1) is 0 Å². The van der Waals surface area contributed by atoms with E-state index in [9.17, 15) is 4.79 Å². The van der Waals surface area contributed by atoms with Crippen molar-refractivity contribution in [3.63, 3.8) is 0 Å². The Morgan fingerprint density at radius 1 is 0.806 bits per heavy atom. The molecular weight excluding hydrogens is 396 g/mol. The highest BCUT2D eigenvalue weighted by Crippen LogP contribution is 2.38. The number of amides is 1. The number of hydrogen-bond acceptors (Lipinski definition) is 6. The minimum Gasteiger partial charge on any atom is -0.497 e. The van der Waals surface area contributed by atoms with Crippen molar-refractivity contribution in [3.05, 3.63) is 47.5 Å². The van der Waals surface area contributed by atoms with E-state index < -0.39 is 0 Å². The van der Waals surface area contributed by atoms with Crippen LogP contribution in [0.2, 0.25) is 0 Å². The van der Waals surface area contributed by atoms with Crippen LogP contribution in [-0.2, 0) is 17.8 Å². The fourth-order valence-electron chi connectivity index (χ4n) is 3.89. The molecule has 3 rings (SSSR count). The van der Waals surface area contributed by atoms with Crippen LogP contribution in [0, 0.1) is 0 Å². The number of methoxy groups -OCH3 is 4. The highest BCUT2D eigenvalue weighted by atomic mass is 16.5. The van der Waals surface area contributed by atoms with Crippen LogP contribution in [-0.4, -0.2) is 70.3 Å². The summed E-state index contributed by atoms with van der Waals surface area (Å²) in [6, 6.07) is 11.8. The molecule has 1 heterocycles. The maximum absolute atomic E-state index is 13.0. The zero-order valence-electron chi connectivity index (χ0n) is 18.8. The van der Waals surface area contributed by atoms with E-state index in [4.69, 9.17) is 18.9 Å². The number of nitrogens with zero attached hydrogens (tertiary/aromatic N) is 2. The summed E-state index contributed by atoms with van der Waals surface area (Å²) < 4.78 is 21.4. The smallest absolute Gasteiger partial charge is 0.227 e. The summed E-state index contributed by atoms with van der Waals surface area (Å²) in [6.45, 7) is 4.19. The predicted octanol–water partition coefficient (Wildman–Crippen LogP) is 3.00. The molecule has 2 aromatic carbocycles. The van der Waals surface area contributed by atoms with E-state index in [1.807, 2.05) is 29.2 Å². The molecule has 0 spiro atoms. The molecule has 1 amide bonds. The van der Waals surface area contributed by atoms with E-state index in [0.717, 1.165) is 50.5 Å². The minimum absolute atomic E-state index is 0.112. The topological polar surface area (TPSA) is 60.5 Å². The van der Waals surface area contributed by atoms with Crippen molar-refractivity contribution in [2.24, 2.45) is 0 Å². The van der Waals surface area contributed by atoms with E-state index in [0.29, 0.717) is 23.7 Å². The summed E-state index contributed by atoms with van der Waals surface area (Å²) in [5.41, 5.74) is 2.09. The predicted molar refractivity (Wildman–Crippen MR) is 119 cm³/mol. The largest absolute Gasteiger partial charge is 0.497 e. The van der Waals surface area contributed by atoms with Crippen LogP contribution in [0.5, 0.6) is 23.0 Å². The monoisotopic (exact) mass is 428 g/mol. The van der Waals surface area contributed by atoms with Gasteiger partial charge in [-0.1, -0.05) is 12.1 Å². The number of carbonyl (C=O) groups is 1. The number of ether oxygens (including phenoxy) is 4. The van der Waals surface area contributed by atoms with Gasteiger partial charge in [-0.25, -0.2) is 0 Å². The molecule has 0 atom stereocenters. The molecule has 0 aliphatic carbocycles. The van der Waals surface area contributed by atoms with Crippen LogP contribution in [0.3, 0.4) is 0 Å². The van der Waals surface area contributed by atoms with E-state index in [1.54, 1.807) is 28.4 Å². The van der Waals surface area contributed by atoms with E-state index in [1.165, 1.54) is 5.56 Å². The second-order valence-electron chi connectivity index (χ2n) is 7.57. The summed E-state index contributed by atoms with van der Waals surface area (Å²) in [5.74, 6) is 2.63. The summed E-state index contributed by atoms with van der Waals surface area (Å²) >= 11 is 0. The van der Waals surface area contributed by atoms with Crippen LogP contribution in [0.4, 0.5) is 0 Å². The number of hydrogen-bond donors (Lipinski definition) is 0. The SMILES string of the molecule is COc1ccc(CN2CCCN(C(=O)Cc3cc(OC)c(OC)c(OC)c3)CC2)cc1. The molecule has 2 aromatic rings. The maximum atomic E-state index is 13.0. The Morgan fingerprint density at radius 3 is 2.06 bits per heavy atom. The molecule has 168 valence electrons. The Labute approximate surface area is 184 Å². The first kappa shape index (κ1) is 22.7. The third-order valence-electron chi connectivity index (χ3n) is 5.59. The quantitative estimate of drug-likeness (QED) is 0.644. The van der Waals surface area contributed by atoms with Crippen molar-refractivity contribution >= 4 is 5.91 Å². The van der Waals surface area contributed by atoms with Crippen LogP contribution >= 0.6 is 0 Å². The van der Waals surface area contributed by atoms with Crippen molar-refractivity contribution in [2.75, 3.05) is 54.6 Å². The number of benzene rings is 2. The van der Waals surface area contributed by atoms with Gasteiger partial charge in [0, 0.05) is 32.7 Å². The standard InChI is InChI=1S/C24H32N2O5/c1-28-20-8-6-18(7-9-20)17-25-10-5-11-26(13-12-25)23(27)16-19-14-21(29-2)24(31-4)22(15-19)30-3/h6-9,14-15H,5,10-13,16-17H2,1-4H3. The summed E-state index contributed by atoms with van der Waals surface area (Å²) in [4.78, 5) is 17.3. The van der Waals surface area contributed by atoms with Crippen molar-refractivity contribution < 1.29 is 23.7 Å². The van der Waals surface area contributed by atoms with Gasteiger partial charge in [0.15, 0.2) is 11.5 Å². The lowest BCUT2D eigenvalue weighted by Gasteiger charge is -2.22. The van der Waals surface area contributed by atoms with Crippen molar-refractivity contribution in [1.82, 2.24) is 9.80 Å². The normalized spacial score (nSPS) is 14.6. The van der Waals surface area contributed by atoms with Gasteiger partial charge in [-0.2, -0.15) is 0 Å². The molecule has 1 aliphatic rings. The molecule has 31 heavy (non-hydrogen) atoms. The third kappa shape index (κ3) is 5.82. The Morgan fingerprint density at radius 2 is 1.48 bits per heavy atom. The van der Waals surface area contributed by atoms with Gasteiger partial charge in [-0.05, 0) is 41.8 Å². The summed E-state index contributed by atoms with van der Waals surface area (Å²) in [5, 5.41) is 0. The lowest BCUT2D eigenvalue weighted by molar-refractivity contribution is -0.130. The molecule has 0 bridgehead atoms. The van der Waals surface area contributed by atoms with Gasteiger partial charge < -0.3 is 23.8 Å². The van der Waals surface area contributed by atoms with Crippen molar-refractivity contribution in [2.45, 2.75) is 19.4 Å². The van der Waals surface area contributed by atoms with Gasteiger partial charge in [0.1, 0.15) is 5.75 Å². The Bertz CT molecular complexity index is 844. The van der Waals surface area contributed by atoms with E-state index in [-0.39, 0.29) is 5.91 Å². The molecule has 7 heteroatoms. The van der Waals surface area contributed by atoms with Gasteiger partial charge in [-0.3, -0.25) is 9.69 Å². The fourth-order valence-corrected chi connectivity index (χ4v) is 3.89. The second-order valence-corrected chi connectivity index (χ2v) is 7.57. The zero-order valence-corrected chi connectivity index (χ0v) is 18.8. The van der Waals surface area contributed by atoms with Crippen LogP contribution < -0.4 is 18.9 Å². The van der Waals surface area contributed by atoms with Crippen LogP contribution in [0.1, 0.15) is 17.5 Å². The van der Waals surface area contributed by atoms with Crippen molar-refractivity contribution in [1.29, 1.82) is 0 Å². The number of rotatable bonds is 8. The van der Waals surface area contributed by atoms with Gasteiger partial charge in [0.2, 0.25) is 11.7 Å². The fraction of sp³-hybridized carbons (Fsp3) is 0.458. The van der Waals surface area contributed by atoms with E-state index >= 15 is 0 Å². The van der Waals surface area contributed by atoms with Gasteiger partial charge in [0.05, 0.1) is 34.9 Å². The Kier molecular flexibility index (Phi) is 8.00. The third-order valence-corrected chi connectivity index (χ3v) is 5.59. The van der Waals surface area contributed by atoms with Crippen molar-refractivity contribution in [3.8, 4) is 23.0 Å². The average molecular weight is 429 g/mol. The molecule has 0 radical (unpaired) electrons. The second kappa shape index (κ2) is 10.9. The highest BCUT2D eigenvalue weighted by molar-refractivity contribution is 5.79. The van der Waals surface area contributed by atoms with E-state index in [2.05, 4.69) is 17.0 Å². The first-order valence-corrected chi connectivity index (χ1v) is 10.5. The number of carbonyl (C=O) groups excluding carboxylic acids is 1. The molecule has 1 fully saturated rings. The van der Waals surface area contributed by atoms with Gasteiger partial charge >= 0.3 is 0 Å². The molecule has 0 saturated carbocycles. The van der Waals surface area contributed by atoms with Gasteiger partial charge in [0.25, 0.3) is 0 Å². The Balaban J connectivity index is 1.60. The molecular formula is C24H32N2O5. The van der Waals surface area contributed by atoms with Crippen LogP contribution in [0.25, 0.3) is 0 Å². The minimum atomic E-state index is 0.112. The molecule has 7 nitrogen and oxygen atoms in total.